The molecule has 1 aliphatic rings. The first-order valence-electron chi connectivity index (χ1n) is 6.44. The van der Waals surface area contributed by atoms with Crippen molar-refractivity contribution in [1.29, 1.82) is 0 Å². The van der Waals surface area contributed by atoms with E-state index in [1.165, 1.54) is 25.3 Å². The number of hydrogen-bond donors (Lipinski definition) is 1. The summed E-state index contributed by atoms with van der Waals surface area (Å²) in [4.78, 5) is 0. The van der Waals surface area contributed by atoms with Crippen LogP contribution in [-0.2, 0) is 6.42 Å². The van der Waals surface area contributed by atoms with Crippen molar-refractivity contribution in [3.8, 4) is 0 Å². The van der Waals surface area contributed by atoms with E-state index in [2.05, 4.69) is 0 Å². The molecule has 2 rings (SSSR count). The Kier molecular flexibility index (Phi) is 3.53. The van der Waals surface area contributed by atoms with Gasteiger partial charge in [0.2, 0.25) is 0 Å². The number of rotatable bonds is 4. The van der Waals surface area contributed by atoms with Crippen molar-refractivity contribution < 1.29 is 9.50 Å². The van der Waals surface area contributed by atoms with Crippen molar-refractivity contribution in [3.63, 3.8) is 0 Å². The molecule has 1 atom stereocenters. The van der Waals surface area contributed by atoms with Gasteiger partial charge in [-0.15, -0.1) is 0 Å². The van der Waals surface area contributed by atoms with Crippen LogP contribution in [-0.4, -0.2) is 10.7 Å². The highest BCUT2D eigenvalue weighted by atomic mass is 19.1. The van der Waals surface area contributed by atoms with Crippen LogP contribution in [0.1, 0.15) is 43.7 Å². The smallest absolute Gasteiger partial charge is 0.123 e. The fourth-order valence-corrected chi connectivity index (χ4v) is 2.63. The quantitative estimate of drug-likeness (QED) is 0.846. The minimum absolute atomic E-state index is 0.218. The summed E-state index contributed by atoms with van der Waals surface area (Å²) in [5, 5.41) is 10.4. The van der Waals surface area contributed by atoms with E-state index in [1.807, 2.05) is 13.8 Å². The van der Waals surface area contributed by atoms with E-state index in [0.717, 1.165) is 17.5 Å². The van der Waals surface area contributed by atoms with E-state index in [9.17, 15) is 9.50 Å². The molecule has 17 heavy (non-hydrogen) atoms. The zero-order valence-electron chi connectivity index (χ0n) is 10.7. The lowest BCUT2D eigenvalue weighted by molar-refractivity contribution is 0.0202. The summed E-state index contributed by atoms with van der Waals surface area (Å²) >= 11 is 0. The van der Waals surface area contributed by atoms with E-state index in [0.29, 0.717) is 12.3 Å². The highest BCUT2D eigenvalue weighted by Crippen LogP contribution is 2.35. The predicted octanol–water partition coefficient (Wildman–Crippen LogP) is 3.62. The standard InChI is InChI=1S/C15H21FO/c1-11-6-7-14(16)8-13(11)10-15(2,17)9-12-4-3-5-12/h6-8,12,17H,3-5,9-10H2,1-2H3. The van der Waals surface area contributed by atoms with Gasteiger partial charge in [-0.3, -0.25) is 0 Å². The van der Waals surface area contributed by atoms with Gasteiger partial charge in [0.05, 0.1) is 5.60 Å². The molecule has 0 radical (unpaired) electrons. The molecule has 0 aliphatic heterocycles. The van der Waals surface area contributed by atoms with Gasteiger partial charge in [0.25, 0.3) is 0 Å². The largest absolute Gasteiger partial charge is 0.390 e. The molecule has 94 valence electrons. The summed E-state index contributed by atoms with van der Waals surface area (Å²) in [5.41, 5.74) is 1.28. The van der Waals surface area contributed by atoms with Gasteiger partial charge in [0.15, 0.2) is 0 Å². The summed E-state index contributed by atoms with van der Waals surface area (Å²) in [6.45, 7) is 3.84. The van der Waals surface area contributed by atoms with Gasteiger partial charge in [-0.05, 0) is 49.4 Å². The van der Waals surface area contributed by atoms with Gasteiger partial charge < -0.3 is 5.11 Å². The Labute approximate surface area is 103 Å². The van der Waals surface area contributed by atoms with Gasteiger partial charge in [0, 0.05) is 6.42 Å². The van der Waals surface area contributed by atoms with E-state index in [1.54, 1.807) is 12.1 Å². The number of benzene rings is 1. The van der Waals surface area contributed by atoms with Crippen LogP contribution in [0.2, 0.25) is 0 Å². The SMILES string of the molecule is Cc1ccc(F)cc1CC(C)(O)CC1CCC1. The van der Waals surface area contributed by atoms with Crippen molar-refractivity contribution in [1.82, 2.24) is 0 Å². The lowest BCUT2D eigenvalue weighted by atomic mass is 9.76. The molecule has 1 aliphatic carbocycles. The monoisotopic (exact) mass is 236 g/mol. The molecule has 2 heteroatoms. The third-order valence-corrected chi connectivity index (χ3v) is 3.84. The first-order valence-corrected chi connectivity index (χ1v) is 6.44. The maximum absolute atomic E-state index is 13.2. The summed E-state index contributed by atoms with van der Waals surface area (Å²) in [5.74, 6) is 0.448. The lowest BCUT2D eigenvalue weighted by Crippen LogP contribution is -2.32. The molecule has 1 nitrogen and oxygen atoms in total. The van der Waals surface area contributed by atoms with Gasteiger partial charge in [-0.2, -0.15) is 0 Å². The van der Waals surface area contributed by atoms with Crippen LogP contribution in [0.5, 0.6) is 0 Å². The van der Waals surface area contributed by atoms with E-state index in [-0.39, 0.29) is 5.82 Å². The second kappa shape index (κ2) is 4.77. The highest BCUT2D eigenvalue weighted by molar-refractivity contribution is 5.27. The molecule has 1 N–H and O–H groups in total. The molecule has 1 saturated carbocycles. The van der Waals surface area contributed by atoms with Crippen molar-refractivity contribution in [2.75, 3.05) is 0 Å². The zero-order chi connectivity index (χ0) is 12.5. The molecule has 0 saturated heterocycles. The molecule has 1 aromatic carbocycles. The minimum Gasteiger partial charge on any atom is -0.390 e. The first kappa shape index (κ1) is 12.6. The van der Waals surface area contributed by atoms with Gasteiger partial charge >= 0.3 is 0 Å². The molecule has 0 aromatic heterocycles. The van der Waals surface area contributed by atoms with Crippen molar-refractivity contribution in [3.05, 3.63) is 35.1 Å². The molecule has 0 heterocycles. The number of aryl methyl sites for hydroxylation is 1. The molecule has 0 amide bonds. The summed E-state index contributed by atoms with van der Waals surface area (Å²) in [6, 6.07) is 4.80. The molecule has 1 fully saturated rings. The molecule has 1 aromatic rings. The molecular weight excluding hydrogens is 215 g/mol. The Bertz CT molecular complexity index is 394. The maximum Gasteiger partial charge on any atom is 0.123 e. The van der Waals surface area contributed by atoms with Crippen molar-refractivity contribution in [2.45, 2.75) is 51.6 Å². The lowest BCUT2D eigenvalue weighted by Gasteiger charge is -2.33. The van der Waals surface area contributed by atoms with Crippen LogP contribution in [0.4, 0.5) is 4.39 Å². The predicted molar refractivity (Wildman–Crippen MR) is 67.4 cm³/mol. The zero-order valence-corrected chi connectivity index (χ0v) is 10.7. The van der Waals surface area contributed by atoms with Crippen molar-refractivity contribution >= 4 is 0 Å². The van der Waals surface area contributed by atoms with Crippen LogP contribution in [0.25, 0.3) is 0 Å². The van der Waals surface area contributed by atoms with E-state index in [4.69, 9.17) is 0 Å². The van der Waals surface area contributed by atoms with E-state index >= 15 is 0 Å². The number of aliphatic hydroxyl groups is 1. The minimum atomic E-state index is -0.705. The summed E-state index contributed by atoms with van der Waals surface area (Å²) in [7, 11) is 0. The third kappa shape index (κ3) is 3.29. The normalized spacial score (nSPS) is 19.8. The summed E-state index contributed by atoms with van der Waals surface area (Å²) < 4.78 is 13.2. The second-order valence-corrected chi connectivity index (χ2v) is 5.75. The van der Waals surface area contributed by atoms with Crippen LogP contribution < -0.4 is 0 Å². The molecular formula is C15H21FO. The Morgan fingerprint density at radius 2 is 2.12 bits per heavy atom. The maximum atomic E-state index is 13.2. The van der Waals surface area contributed by atoms with Gasteiger partial charge in [-0.1, -0.05) is 25.3 Å². The molecule has 0 spiro atoms. The fraction of sp³-hybridized carbons (Fsp3) is 0.600. The Morgan fingerprint density at radius 3 is 2.71 bits per heavy atom. The first-order chi connectivity index (χ1) is 7.96. The highest BCUT2D eigenvalue weighted by Gasteiger charge is 2.29. The van der Waals surface area contributed by atoms with Crippen LogP contribution in [0, 0.1) is 18.7 Å². The number of halogens is 1. The Balaban J connectivity index is 2.04. The Hall–Kier alpha value is -0.890. The van der Waals surface area contributed by atoms with Gasteiger partial charge in [0.1, 0.15) is 5.82 Å². The van der Waals surface area contributed by atoms with Crippen LogP contribution in [0.3, 0.4) is 0 Å². The average molecular weight is 236 g/mol. The van der Waals surface area contributed by atoms with Crippen LogP contribution in [0.15, 0.2) is 18.2 Å². The number of hydrogen-bond acceptors (Lipinski definition) is 1. The second-order valence-electron chi connectivity index (χ2n) is 5.75. The van der Waals surface area contributed by atoms with Crippen LogP contribution >= 0.6 is 0 Å². The molecule has 0 bridgehead atoms. The molecule has 1 unspecified atom stereocenters. The topological polar surface area (TPSA) is 20.2 Å². The Morgan fingerprint density at radius 1 is 1.41 bits per heavy atom. The average Bonchev–Trinajstić information content (AvgIpc) is 2.18. The third-order valence-electron chi connectivity index (χ3n) is 3.84. The summed E-state index contributed by atoms with van der Waals surface area (Å²) in [6.07, 6.45) is 5.15. The van der Waals surface area contributed by atoms with E-state index < -0.39 is 5.60 Å². The fourth-order valence-electron chi connectivity index (χ4n) is 2.63. The van der Waals surface area contributed by atoms with Crippen molar-refractivity contribution in [2.24, 2.45) is 5.92 Å². The van der Waals surface area contributed by atoms with Gasteiger partial charge in [-0.25, -0.2) is 4.39 Å².